The first kappa shape index (κ1) is 12.5. The molecule has 0 bridgehead atoms. The highest BCUT2D eigenvalue weighted by atomic mass is 32.2. The van der Waals surface area contributed by atoms with Gasteiger partial charge in [0.05, 0.1) is 17.6 Å². The van der Waals surface area contributed by atoms with E-state index < -0.39 is 0 Å². The summed E-state index contributed by atoms with van der Waals surface area (Å²) in [6.45, 7) is 1.65. The van der Waals surface area contributed by atoms with Crippen molar-refractivity contribution in [2.24, 2.45) is 0 Å². The Hall–Kier alpha value is -1.95. The first-order valence-electron chi connectivity index (χ1n) is 5.22. The van der Waals surface area contributed by atoms with Crippen LogP contribution < -0.4 is 4.72 Å². The Balaban J connectivity index is 2.46. The van der Waals surface area contributed by atoms with Gasteiger partial charge >= 0.3 is 0 Å². The van der Waals surface area contributed by atoms with Crippen LogP contribution in [0.1, 0.15) is 12.5 Å². The third kappa shape index (κ3) is 2.65. The van der Waals surface area contributed by atoms with E-state index in [4.69, 9.17) is 5.41 Å². The molecule has 0 atom stereocenters. The molecule has 0 saturated carbocycles. The Morgan fingerprint density at radius 3 is 2.89 bits per heavy atom. The molecule has 0 amide bonds. The van der Waals surface area contributed by atoms with E-state index in [9.17, 15) is 3.89 Å². The lowest BCUT2D eigenvalue weighted by molar-refractivity contribution is 0.942. The number of hydrogen-bond acceptors (Lipinski definition) is 5. The van der Waals surface area contributed by atoms with Crippen molar-refractivity contribution in [1.82, 2.24) is 9.97 Å². The fraction of sp³-hybridized carbons (Fsp3) is 0.0833. The predicted molar refractivity (Wildman–Crippen MR) is 72.3 cm³/mol. The number of rotatable bonds is 4. The Morgan fingerprint density at radius 2 is 2.28 bits per heavy atom. The number of nitrogens with zero attached hydrogens (tertiary/aromatic N) is 2. The highest BCUT2D eigenvalue weighted by Crippen LogP contribution is 2.24. The van der Waals surface area contributed by atoms with Crippen LogP contribution in [0.15, 0.2) is 36.8 Å². The predicted octanol–water partition coefficient (Wildman–Crippen LogP) is 3.48. The molecule has 0 radical (unpaired) electrons. The molecule has 2 heterocycles. The molecule has 0 saturated heterocycles. The van der Waals surface area contributed by atoms with E-state index in [1.54, 1.807) is 25.4 Å². The fourth-order valence-electron chi connectivity index (χ4n) is 1.56. The summed E-state index contributed by atoms with van der Waals surface area (Å²) in [5.74, 6) is 0. The number of anilines is 1. The zero-order chi connectivity index (χ0) is 13.0. The van der Waals surface area contributed by atoms with Crippen molar-refractivity contribution < 1.29 is 3.89 Å². The molecule has 2 aromatic rings. The van der Waals surface area contributed by atoms with Crippen molar-refractivity contribution in [3.8, 4) is 11.3 Å². The molecule has 0 unspecified atom stereocenters. The zero-order valence-corrected chi connectivity index (χ0v) is 10.5. The van der Waals surface area contributed by atoms with E-state index in [0.29, 0.717) is 22.7 Å². The van der Waals surface area contributed by atoms with E-state index in [1.807, 2.05) is 12.1 Å². The van der Waals surface area contributed by atoms with Gasteiger partial charge in [-0.05, 0) is 25.1 Å². The first-order chi connectivity index (χ1) is 8.72. The number of nitrogens with one attached hydrogen (secondary N) is 2. The molecular formula is C12H11FN4S. The molecule has 0 aliphatic rings. The maximum Gasteiger partial charge on any atom is 0.162 e. The minimum Gasteiger partial charge on any atom is -0.305 e. The third-order valence-corrected chi connectivity index (χ3v) is 2.71. The van der Waals surface area contributed by atoms with Gasteiger partial charge in [-0.15, -0.1) is 3.89 Å². The SMILES string of the molecule is CC(=N)c1cc(-c2cccnc2)ncc1NSF. The summed E-state index contributed by atoms with van der Waals surface area (Å²) < 4.78 is 14.7. The van der Waals surface area contributed by atoms with Crippen molar-refractivity contribution >= 4 is 23.7 Å². The molecule has 6 heteroatoms. The highest BCUT2D eigenvalue weighted by molar-refractivity contribution is 7.95. The molecule has 2 aromatic heterocycles. The lowest BCUT2D eigenvalue weighted by atomic mass is 10.1. The molecule has 0 aliphatic heterocycles. The van der Waals surface area contributed by atoms with Crippen LogP contribution in [0.3, 0.4) is 0 Å². The second kappa shape index (κ2) is 5.59. The van der Waals surface area contributed by atoms with Crippen LogP contribution in [-0.4, -0.2) is 15.7 Å². The van der Waals surface area contributed by atoms with Gasteiger partial charge in [-0.2, -0.15) is 0 Å². The van der Waals surface area contributed by atoms with Gasteiger partial charge in [0.25, 0.3) is 0 Å². The summed E-state index contributed by atoms with van der Waals surface area (Å²) in [7, 11) is 0. The number of aromatic nitrogens is 2. The Bertz CT molecular complexity index is 559. The van der Waals surface area contributed by atoms with Crippen LogP contribution in [0.2, 0.25) is 0 Å². The van der Waals surface area contributed by atoms with Crippen LogP contribution in [-0.2, 0) is 0 Å². The summed E-state index contributed by atoms with van der Waals surface area (Å²) in [5, 5.41) is 7.70. The van der Waals surface area contributed by atoms with Gasteiger partial charge in [0.15, 0.2) is 12.3 Å². The molecule has 0 fully saturated rings. The number of hydrogen-bond donors (Lipinski definition) is 2. The normalized spacial score (nSPS) is 10.1. The molecular weight excluding hydrogens is 251 g/mol. The van der Waals surface area contributed by atoms with Gasteiger partial charge in [-0.3, -0.25) is 9.97 Å². The van der Waals surface area contributed by atoms with Gasteiger partial charge in [0.2, 0.25) is 0 Å². The standard InChI is InChI=1S/C12H11FN4S/c1-8(14)10-5-11(9-3-2-4-15-6-9)16-7-12(10)17-18-13/h2-7,14,17H,1H3. The van der Waals surface area contributed by atoms with Crippen molar-refractivity contribution in [2.75, 3.05) is 4.72 Å². The third-order valence-electron chi connectivity index (χ3n) is 2.41. The minimum absolute atomic E-state index is 0.0110. The second-order valence-corrected chi connectivity index (χ2v) is 4.02. The van der Waals surface area contributed by atoms with Gasteiger partial charge in [0, 0.05) is 29.2 Å². The van der Waals surface area contributed by atoms with E-state index >= 15 is 0 Å². The van der Waals surface area contributed by atoms with Gasteiger partial charge in [0.1, 0.15) is 0 Å². The fourth-order valence-corrected chi connectivity index (χ4v) is 1.81. The maximum absolute atomic E-state index is 12.2. The molecule has 0 spiro atoms. The van der Waals surface area contributed by atoms with Crippen LogP contribution >= 0.6 is 12.3 Å². The topological polar surface area (TPSA) is 61.7 Å². The molecule has 2 rings (SSSR count). The minimum atomic E-state index is -0.0110. The van der Waals surface area contributed by atoms with Crippen LogP contribution in [0.4, 0.5) is 9.57 Å². The Morgan fingerprint density at radius 1 is 1.44 bits per heavy atom. The van der Waals surface area contributed by atoms with Gasteiger partial charge < -0.3 is 10.1 Å². The second-order valence-electron chi connectivity index (χ2n) is 3.66. The lowest BCUT2D eigenvalue weighted by Gasteiger charge is -2.09. The van der Waals surface area contributed by atoms with Gasteiger partial charge in [-0.25, -0.2) is 0 Å². The summed E-state index contributed by atoms with van der Waals surface area (Å²) in [5.41, 5.74) is 3.02. The van der Waals surface area contributed by atoms with Crippen LogP contribution in [0.25, 0.3) is 11.3 Å². The van der Waals surface area contributed by atoms with E-state index in [-0.39, 0.29) is 12.3 Å². The molecule has 2 N–H and O–H groups in total. The van der Waals surface area contributed by atoms with Crippen molar-refractivity contribution in [2.45, 2.75) is 6.92 Å². The Labute approximate surface area is 109 Å². The average molecular weight is 262 g/mol. The first-order valence-corrected chi connectivity index (χ1v) is 5.93. The van der Waals surface area contributed by atoms with Crippen molar-refractivity contribution in [3.63, 3.8) is 0 Å². The Kier molecular flexibility index (Phi) is 3.88. The van der Waals surface area contributed by atoms with Crippen molar-refractivity contribution in [1.29, 1.82) is 5.41 Å². The quantitative estimate of drug-likeness (QED) is 0.654. The summed E-state index contributed by atoms with van der Waals surface area (Å²) >= 11 is -0.0110. The largest absolute Gasteiger partial charge is 0.305 e. The summed E-state index contributed by atoms with van der Waals surface area (Å²) in [6.07, 6.45) is 4.90. The summed E-state index contributed by atoms with van der Waals surface area (Å²) in [4.78, 5) is 8.25. The number of halogens is 1. The van der Waals surface area contributed by atoms with Crippen LogP contribution in [0, 0.1) is 5.41 Å². The van der Waals surface area contributed by atoms with Gasteiger partial charge in [-0.1, -0.05) is 0 Å². The molecule has 18 heavy (non-hydrogen) atoms. The maximum atomic E-state index is 12.2. The molecule has 0 aromatic carbocycles. The highest BCUT2D eigenvalue weighted by Gasteiger charge is 2.08. The summed E-state index contributed by atoms with van der Waals surface area (Å²) in [6, 6.07) is 5.45. The number of pyridine rings is 2. The molecule has 4 nitrogen and oxygen atoms in total. The zero-order valence-electron chi connectivity index (χ0n) is 9.64. The van der Waals surface area contributed by atoms with E-state index in [0.717, 1.165) is 5.56 Å². The monoisotopic (exact) mass is 262 g/mol. The van der Waals surface area contributed by atoms with E-state index in [1.165, 1.54) is 6.20 Å². The molecule has 92 valence electrons. The molecule has 0 aliphatic carbocycles. The smallest absolute Gasteiger partial charge is 0.162 e. The lowest BCUT2D eigenvalue weighted by Crippen LogP contribution is -2.00. The van der Waals surface area contributed by atoms with E-state index in [2.05, 4.69) is 14.7 Å². The van der Waals surface area contributed by atoms with Crippen molar-refractivity contribution in [3.05, 3.63) is 42.4 Å². The van der Waals surface area contributed by atoms with Crippen LogP contribution in [0.5, 0.6) is 0 Å². The average Bonchev–Trinajstić information content (AvgIpc) is 2.40.